The fourth-order valence-electron chi connectivity index (χ4n) is 13.4. The zero-order valence-electron chi connectivity index (χ0n) is 34.7. The number of allylic oxidation sites excluding steroid dienone is 1. The first-order chi connectivity index (χ1) is 26.5. The smallest absolute Gasteiger partial charge is 0.187 e. The number of aliphatic hydroxyl groups excluding tert-OH is 10. The van der Waals surface area contributed by atoms with Crippen LogP contribution in [-0.2, 0) is 18.9 Å². The molecule has 6 rings (SSSR count). The van der Waals surface area contributed by atoms with Gasteiger partial charge in [-0.1, -0.05) is 46.3 Å². The highest BCUT2D eigenvalue weighted by Crippen LogP contribution is 2.76. The fraction of sp³-hybridized carbons (Fsp3) is 0.952. The van der Waals surface area contributed by atoms with Gasteiger partial charge in [-0.25, -0.2) is 0 Å². The Hall–Kier alpha value is -0.860. The van der Waals surface area contributed by atoms with Gasteiger partial charge in [0, 0.05) is 0 Å². The first kappa shape index (κ1) is 45.7. The van der Waals surface area contributed by atoms with Gasteiger partial charge >= 0.3 is 0 Å². The maximum Gasteiger partial charge on any atom is 0.187 e. The van der Waals surface area contributed by atoms with Gasteiger partial charge in [-0.15, -0.1) is 0 Å². The van der Waals surface area contributed by atoms with Crippen molar-refractivity contribution in [2.45, 2.75) is 185 Å². The molecule has 0 aromatic heterocycles. The van der Waals surface area contributed by atoms with Gasteiger partial charge in [-0.3, -0.25) is 0 Å². The van der Waals surface area contributed by atoms with Crippen LogP contribution in [0.2, 0.25) is 0 Å². The van der Waals surface area contributed by atoms with Crippen LogP contribution in [0.3, 0.4) is 0 Å². The van der Waals surface area contributed by atoms with Crippen LogP contribution in [0.5, 0.6) is 0 Å². The number of fused-ring (bicyclic) bond motifs is 5. The van der Waals surface area contributed by atoms with Gasteiger partial charge in [-0.05, 0) is 111 Å². The largest absolute Gasteiger partial charge is 0.394 e. The van der Waals surface area contributed by atoms with E-state index in [0.29, 0.717) is 44.9 Å². The maximum atomic E-state index is 12.3. The second-order valence-corrected chi connectivity index (χ2v) is 20.2. The Labute approximate surface area is 336 Å². The van der Waals surface area contributed by atoms with Crippen LogP contribution in [0, 0.1) is 45.3 Å². The van der Waals surface area contributed by atoms with Crippen molar-refractivity contribution in [3.8, 4) is 0 Å². The molecule has 0 amide bonds. The molecule has 57 heavy (non-hydrogen) atoms. The van der Waals surface area contributed by atoms with Crippen LogP contribution in [0.15, 0.2) is 11.6 Å². The molecule has 11 N–H and O–H groups in total. The minimum Gasteiger partial charge on any atom is -0.394 e. The summed E-state index contributed by atoms with van der Waals surface area (Å²) in [7, 11) is 0. The molecule has 15 nitrogen and oxygen atoms in total. The van der Waals surface area contributed by atoms with E-state index >= 15 is 0 Å². The van der Waals surface area contributed by atoms with E-state index in [1.807, 2.05) is 33.8 Å². The van der Waals surface area contributed by atoms with Crippen LogP contribution in [0.25, 0.3) is 0 Å². The molecule has 2 aliphatic heterocycles. The number of hydrogen-bond donors (Lipinski definition) is 11. The predicted molar refractivity (Wildman–Crippen MR) is 204 cm³/mol. The molecule has 21 atom stereocenters. The molecule has 6 fully saturated rings. The SMILES string of the molecule is CC(=CCCC(C)(O)C1CCC2(C)C1C(O)CC1C3(C)CCC(O)C(C)(C)C3C(OC3OC(CO)C(O)C(O)C3OC3OC(CO)C(O)C(O)C3O)CC12C)CO. The van der Waals surface area contributed by atoms with Gasteiger partial charge in [0.15, 0.2) is 12.6 Å². The van der Waals surface area contributed by atoms with E-state index in [4.69, 9.17) is 18.9 Å². The Morgan fingerprint density at radius 3 is 2.00 bits per heavy atom. The first-order valence-corrected chi connectivity index (χ1v) is 21.1. The Kier molecular flexibility index (Phi) is 13.2. The summed E-state index contributed by atoms with van der Waals surface area (Å²) in [6.07, 6.45) is -11.4. The topological polar surface area (TPSA) is 259 Å². The summed E-state index contributed by atoms with van der Waals surface area (Å²) >= 11 is 0. The van der Waals surface area contributed by atoms with E-state index in [1.54, 1.807) is 0 Å². The summed E-state index contributed by atoms with van der Waals surface area (Å²) in [5, 5.41) is 120. The highest BCUT2D eigenvalue weighted by Gasteiger charge is 2.73. The average molecular weight is 817 g/mol. The van der Waals surface area contributed by atoms with Crippen molar-refractivity contribution in [2.24, 2.45) is 45.3 Å². The van der Waals surface area contributed by atoms with Crippen molar-refractivity contribution in [3.63, 3.8) is 0 Å². The van der Waals surface area contributed by atoms with Crippen molar-refractivity contribution < 1.29 is 75.1 Å². The fourth-order valence-corrected chi connectivity index (χ4v) is 13.4. The molecule has 2 saturated heterocycles. The molecular weight excluding hydrogens is 744 g/mol. The molecular formula is C42H72O15. The number of aliphatic hydroxyl groups is 11. The lowest BCUT2D eigenvalue weighted by molar-refractivity contribution is -0.383. The second-order valence-electron chi connectivity index (χ2n) is 20.2. The molecule has 6 aliphatic rings. The molecule has 15 heteroatoms. The van der Waals surface area contributed by atoms with E-state index < -0.39 is 120 Å². The Morgan fingerprint density at radius 2 is 1.39 bits per heavy atom. The number of rotatable bonds is 11. The molecule has 0 bridgehead atoms. The third-order valence-corrected chi connectivity index (χ3v) is 16.7. The van der Waals surface area contributed by atoms with Gasteiger partial charge in [0.1, 0.15) is 48.8 Å². The number of ether oxygens (including phenoxy) is 4. The Balaban J connectivity index is 1.38. The van der Waals surface area contributed by atoms with Gasteiger partial charge in [0.2, 0.25) is 0 Å². The standard InChI is InChI=1S/C42H72O15/c1-20(17-43)9-8-12-42(7,53)21-10-14-40(5)28(21)22(46)15-26-39(4)13-11-27(47)38(2,3)35(39)23(16-41(26,40)6)54-37-34(32(51)30(49)25(19-45)56-37)57-36-33(52)31(50)29(48)24(18-44)55-36/h9,21-37,43-53H,8,10-19H2,1-7H3. The zero-order valence-corrected chi connectivity index (χ0v) is 34.7. The molecule has 4 aliphatic carbocycles. The molecule has 330 valence electrons. The van der Waals surface area contributed by atoms with Gasteiger partial charge in [0.05, 0.1) is 43.7 Å². The summed E-state index contributed by atoms with van der Waals surface area (Å²) in [6, 6.07) is 0. The Bertz CT molecular complexity index is 1430. The summed E-state index contributed by atoms with van der Waals surface area (Å²) < 4.78 is 24.9. The molecule has 4 saturated carbocycles. The molecule has 0 radical (unpaired) electrons. The second kappa shape index (κ2) is 16.4. The monoisotopic (exact) mass is 816 g/mol. The minimum absolute atomic E-state index is 0.0113. The van der Waals surface area contributed by atoms with Gasteiger partial charge < -0.3 is 75.1 Å². The van der Waals surface area contributed by atoms with Crippen molar-refractivity contribution in [2.75, 3.05) is 19.8 Å². The normalized spacial score (nSPS) is 52.4. The van der Waals surface area contributed by atoms with E-state index in [2.05, 4.69) is 20.8 Å². The summed E-state index contributed by atoms with van der Waals surface area (Å²) in [5.74, 6) is -0.784. The third-order valence-electron chi connectivity index (χ3n) is 16.7. The zero-order chi connectivity index (χ0) is 42.2. The minimum atomic E-state index is -1.82. The molecule has 0 spiro atoms. The highest BCUT2D eigenvalue weighted by atomic mass is 16.8. The highest BCUT2D eigenvalue weighted by molar-refractivity contribution is 5.22. The summed E-state index contributed by atoms with van der Waals surface area (Å²) in [6.45, 7) is 13.0. The number of hydrogen-bond acceptors (Lipinski definition) is 15. The van der Waals surface area contributed by atoms with Crippen molar-refractivity contribution in [1.82, 2.24) is 0 Å². The maximum absolute atomic E-state index is 12.3. The summed E-state index contributed by atoms with van der Waals surface area (Å²) in [5.41, 5.74) is -2.41. The predicted octanol–water partition coefficient (Wildman–Crippen LogP) is 0.0922. The lowest BCUT2D eigenvalue weighted by Gasteiger charge is -2.72. The first-order valence-electron chi connectivity index (χ1n) is 21.1. The average Bonchev–Trinajstić information content (AvgIpc) is 3.54. The quantitative estimate of drug-likeness (QED) is 0.0976. The van der Waals surface area contributed by atoms with Gasteiger partial charge in [0.25, 0.3) is 0 Å². The summed E-state index contributed by atoms with van der Waals surface area (Å²) in [4.78, 5) is 0. The van der Waals surface area contributed by atoms with E-state index in [-0.39, 0.29) is 30.3 Å². The third kappa shape index (κ3) is 7.49. The van der Waals surface area contributed by atoms with Crippen LogP contribution < -0.4 is 0 Å². The van der Waals surface area contributed by atoms with Crippen LogP contribution >= 0.6 is 0 Å². The van der Waals surface area contributed by atoms with Crippen LogP contribution in [-0.4, -0.2) is 161 Å². The van der Waals surface area contributed by atoms with Crippen molar-refractivity contribution in [1.29, 1.82) is 0 Å². The van der Waals surface area contributed by atoms with Gasteiger partial charge in [-0.2, -0.15) is 0 Å². The molecule has 2 heterocycles. The van der Waals surface area contributed by atoms with E-state index in [0.717, 1.165) is 12.0 Å². The lowest BCUT2D eigenvalue weighted by Crippen LogP contribution is -2.71. The van der Waals surface area contributed by atoms with E-state index in [1.165, 1.54) is 0 Å². The molecule has 0 aromatic carbocycles. The van der Waals surface area contributed by atoms with Crippen molar-refractivity contribution in [3.05, 3.63) is 11.6 Å². The van der Waals surface area contributed by atoms with E-state index in [9.17, 15) is 56.2 Å². The van der Waals surface area contributed by atoms with Crippen molar-refractivity contribution >= 4 is 0 Å². The Morgan fingerprint density at radius 1 is 0.772 bits per heavy atom. The molecule has 0 aromatic rings. The molecule has 21 unspecified atom stereocenters. The lowest BCUT2D eigenvalue weighted by atomic mass is 9.34. The van der Waals surface area contributed by atoms with Crippen LogP contribution in [0.4, 0.5) is 0 Å². The van der Waals surface area contributed by atoms with Crippen LogP contribution in [0.1, 0.15) is 99.8 Å².